The van der Waals surface area contributed by atoms with Gasteiger partial charge in [0.15, 0.2) is 0 Å². The van der Waals surface area contributed by atoms with Crippen LogP contribution in [0.4, 0.5) is 0 Å². The first kappa shape index (κ1) is 14.4. The van der Waals surface area contributed by atoms with Crippen molar-refractivity contribution in [2.45, 2.75) is 23.8 Å². The second-order valence-corrected chi connectivity index (χ2v) is 7.07. The third kappa shape index (κ3) is 3.12. The van der Waals surface area contributed by atoms with Crippen molar-refractivity contribution < 1.29 is 13.2 Å². The van der Waals surface area contributed by atoms with E-state index in [1.807, 2.05) is 0 Å². The highest BCUT2D eigenvalue weighted by atomic mass is 79.9. The van der Waals surface area contributed by atoms with Crippen molar-refractivity contribution >= 4 is 32.0 Å². The lowest BCUT2D eigenvalue weighted by molar-refractivity contribution is 0.316. The first-order chi connectivity index (χ1) is 9.05. The Balaban J connectivity index is 2.30. The van der Waals surface area contributed by atoms with E-state index in [0.717, 1.165) is 6.42 Å². The molecule has 0 amide bonds. The molecule has 7 heteroatoms. The van der Waals surface area contributed by atoms with Gasteiger partial charge in [0.2, 0.25) is 16.1 Å². The molecule has 0 spiro atoms. The third-order valence-corrected chi connectivity index (χ3v) is 5.93. The molecule has 1 saturated heterocycles. The van der Waals surface area contributed by atoms with Gasteiger partial charge in [-0.15, -0.1) is 0 Å². The predicted octanol–water partition coefficient (Wildman–Crippen LogP) is 1.94. The predicted molar refractivity (Wildman–Crippen MR) is 74.0 cm³/mol. The Labute approximate surface area is 120 Å². The summed E-state index contributed by atoms with van der Waals surface area (Å²) < 4.78 is 26.9. The monoisotopic (exact) mass is 344 g/mol. The summed E-state index contributed by atoms with van der Waals surface area (Å²) in [5.74, 6) is 0. The van der Waals surface area contributed by atoms with Gasteiger partial charge >= 0.3 is 0 Å². The highest BCUT2D eigenvalue weighted by Gasteiger charge is 2.31. The normalized spacial score (nSPS) is 20.8. The topological polar surface area (TPSA) is 66.8 Å². The molecule has 1 aromatic carbocycles. The zero-order valence-corrected chi connectivity index (χ0v) is 12.5. The van der Waals surface area contributed by atoms with Gasteiger partial charge in [0, 0.05) is 17.6 Å². The number of piperidine rings is 1. The van der Waals surface area contributed by atoms with Crippen LogP contribution >= 0.6 is 15.9 Å². The van der Waals surface area contributed by atoms with Crippen molar-refractivity contribution in [2.24, 2.45) is 4.99 Å². The molecule has 5 nitrogen and oxygen atoms in total. The van der Waals surface area contributed by atoms with E-state index < -0.39 is 10.0 Å². The highest BCUT2D eigenvalue weighted by Crippen LogP contribution is 2.27. The lowest BCUT2D eigenvalue weighted by Gasteiger charge is -2.29. The molecular formula is C12H13BrN2O3S. The maximum Gasteiger partial charge on any atom is 0.244 e. The van der Waals surface area contributed by atoms with E-state index in [-0.39, 0.29) is 17.5 Å². The van der Waals surface area contributed by atoms with Gasteiger partial charge in [-0.2, -0.15) is 4.31 Å². The molecule has 0 aliphatic carbocycles. The van der Waals surface area contributed by atoms with E-state index in [0.29, 0.717) is 17.4 Å². The van der Waals surface area contributed by atoms with Crippen LogP contribution in [0.2, 0.25) is 0 Å². The Morgan fingerprint density at radius 1 is 1.37 bits per heavy atom. The van der Waals surface area contributed by atoms with Gasteiger partial charge in [0.25, 0.3) is 0 Å². The molecule has 1 fully saturated rings. The molecule has 1 aromatic rings. The second-order valence-electron chi connectivity index (χ2n) is 4.31. The summed E-state index contributed by atoms with van der Waals surface area (Å²) in [5, 5.41) is 0. The highest BCUT2D eigenvalue weighted by molar-refractivity contribution is 9.10. The molecule has 1 aliphatic heterocycles. The smallest absolute Gasteiger partial charge is 0.211 e. The molecule has 0 bridgehead atoms. The zero-order chi connectivity index (χ0) is 13.9. The summed E-state index contributed by atoms with van der Waals surface area (Å²) in [6.07, 6.45) is 2.92. The Kier molecular flexibility index (Phi) is 4.52. The van der Waals surface area contributed by atoms with Gasteiger partial charge in [0.05, 0.1) is 10.9 Å². The Bertz CT molecular complexity index is 611. The van der Waals surface area contributed by atoms with Crippen molar-refractivity contribution in [1.82, 2.24) is 4.31 Å². The Morgan fingerprint density at radius 3 is 2.79 bits per heavy atom. The number of isocyanates is 1. The SMILES string of the molecule is O=C=NC1CCCN(S(=O)(=O)c2ccccc2Br)C1. The van der Waals surface area contributed by atoms with Crippen LogP contribution in [0, 0.1) is 0 Å². The van der Waals surface area contributed by atoms with Crippen LogP contribution < -0.4 is 0 Å². The van der Waals surface area contributed by atoms with Crippen LogP contribution in [-0.2, 0) is 14.8 Å². The minimum absolute atomic E-state index is 0.235. The summed E-state index contributed by atoms with van der Waals surface area (Å²) in [5.41, 5.74) is 0. The van der Waals surface area contributed by atoms with Crippen LogP contribution in [0.3, 0.4) is 0 Å². The van der Waals surface area contributed by atoms with Gasteiger partial charge < -0.3 is 0 Å². The summed E-state index contributed by atoms with van der Waals surface area (Å²) in [4.78, 5) is 14.2. The molecule has 0 radical (unpaired) electrons. The molecule has 1 aliphatic rings. The lowest BCUT2D eigenvalue weighted by atomic mass is 10.1. The first-order valence-corrected chi connectivity index (χ1v) is 8.10. The van der Waals surface area contributed by atoms with E-state index in [9.17, 15) is 13.2 Å². The molecule has 0 N–H and O–H groups in total. The average molecular weight is 345 g/mol. The van der Waals surface area contributed by atoms with Crippen LogP contribution in [0.25, 0.3) is 0 Å². The van der Waals surface area contributed by atoms with Crippen LogP contribution in [0.5, 0.6) is 0 Å². The number of nitrogens with zero attached hydrogens (tertiary/aromatic N) is 2. The van der Waals surface area contributed by atoms with Crippen molar-refractivity contribution in [2.75, 3.05) is 13.1 Å². The van der Waals surface area contributed by atoms with Crippen molar-refractivity contribution in [3.05, 3.63) is 28.7 Å². The minimum Gasteiger partial charge on any atom is -0.211 e. The largest absolute Gasteiger partial charge is 0.244 e. The third-order valence-electron chi connectivity index (χ3n) is 3.05. The molecule has 1 heterocycles. The van der Waals surface area contributed by atoms with Crippen molar-refractivity contribution in [3.8, 4) is 0 Å². The number of sulfonamides is 1. The van der Waals surface area contributed by atoms with E-state index in [4.69, 9.17) is 0 Å². The number of carbonyl (C=O) groups excluding carboxylic acids is 1. The molecule has 1 atom stereocenters. The van der Waals surface area contributed by atoms with Gasteiger partial charge in [-0.1, -0.05) is 12.1 Å². The molecule has 1 unspecified atom stereocenters. The summed E-state index contributed by atoms with van der Waals surface area (Å²) in [6.45, 7) is 0.688. The molecule has 0 aromatic heterocycles. The van der Waals surface area contributed by atoms with E-state index in [2.05, 4.69) is 20.9 Å². The standard InChI is InChI=1S/C12H13BrN2O3S/c13-11-5-1-2-6-12(11)19(17,18)15-7-3-4-10(8-15)14-9-16/h1-2,5-6,10H,3-4,7-8H2. The van der Waals surface area contributed by atoms with Crippen molar-refractivity contribution in [3.63, 3.8) is 0 Å². The van der Waals surface area contributed by atoms with Gasteiger partial charge in [-0.05, 0) is 40.9 Å². The van der Waals surface area contributed by atoms with Crippen molar-refractivity contribution in [1.29, 1.82) is 0 Å². The van der Waals surface area contributed by atoms with Gasteiger partial charge in [-0.25, -0.2) is 18.2 Å². The fraction of sp³-hybridized carbons (Fsp3) is 0.417. The Morgan fingerprint density at radius 2 is 2.11 bits per heavy atom. The number of rotatable bonds is 3. The lowest BCUT2D eigenvalue weighted by Crippen LogP contribution is -2.41. The summed E-state index contributed by atoms with van der Waals surface area (Å²) in [7, 11) is -3.55. The molecule has 19 heavy (non-hydrogen) atoms. The van der Waals surface area contributed by atoms with E-state index in [1.165, 1.54) is 10.4 Å². The maximum absolute atomic E-state index is 12.5. The minimum atomic E-state index is -3.55. The van der Waals surface area contributed by atoms with Crippen LogP contribution in [-0.4, -0.2) is 37.9 Å². The number of halogens is 1. The Hall–Kier alpha value is -1.01. The number of hydrogen-bond donors (Lipinski definition) is 0. The first-order valence-electron chi connectivity index (χ1n) is 5.87. The van der Waals surface area contributed by atoms with Gasteiger partial charge in [-0.3, -0.25) is 0 Å². The molecule has 2 rings (SSSR count). The molecule has 0 saturated carbocycles. The quantitative estimate of drug-likeness (QED) is 0.621. The molecular weight excluding hydrogens is 332 g/mol. The van der Waals surface area contributed by atoms with Crippen LogP contribution in [0.1, 0.15) is 12.8 Å². The summed E-state index contributed by atoms with van der Waals surface area (Å²) >= 11 is 3.25. The molecule has 102 valence electrons. The van der Waals surface area contributed by atoms with E-state index in [1.54, 1.807) is 24.3 Å². The second kappa shape index (κ2) is 5.96. The fourth-order valence-corrected chi connectivity index (χ4v) is 4.59. The number of aliphatic imine (C=N–C) groups is 1. The maximum atomic E-state index is 12.5. The van der Waals surface area contributed by atoms with E-state index >= 15 is 0 Å². The summed E-state index contributed by atoms with van der Waals surface area (Å²) in [6, 6.07) is 6.41. The number of benzene rings is 1. The van der Waals surface area contributed by atoms with Gasteiger partial charge in [0.1, 0.15) is 0 Å². The zero-order valence-electron chi connectivity index (χ0n) is 10.1. The van der Waals surface area contributed by atoms with Crippen LogP contribution in [0.15, 0.2) is 38.6 Å². The number of hydrogen-bond acceptors (Lipinski definition) is 4. The fourth-order valence-electron chi connectivity index (χ4n) is 2.11. The average Bonchev–Trinajstić information content (AvgIpc) is 2.40.